The van der Waals surface area contributed by atoms with Crippen LogP contribution >= 0.6 is 0 Å². The number of hydrogen-bond acceptors (Lipinski definition) is 2. The van der Waals surface area contributed by atoms with Gasteiger partial charge in [0.1, 0.15) is 5.75 Å². The molecule has 0 aromatic heterocycles. The zero-order chi connectivity index (χ0) is 29.2. The molecule has 3 aromatic rings. The maximum atomic E-state index is 15.0. The molecule has 41 heavy (non-hydrogen) atoms. The van der Waals surface area contributed by atoms with E-state index >= 15 is 4.39 Å². The number of unbranched alkanes of at least 4 members (excludes halogenated alkanes) is 2. The molecule has 3 aromatic carbocycles. The van der Waals surface area contributed by atoms with E-state index in [9.17, 15) is 13.2 Å². The molecule has 2 nitrogen and oxygen atoms in total. The number of ether oxygens (including phenoxy) is 2. The molecule has 0 aliphatic heterocycles. The van der Waals surface area contributed by atoms with Gasteiger partial charge in [-0.15, -0.1) is 6.58 Å². The first kappa shape index (κ1) is 30.4. The van der Waals surface area contributed by atoms with Gasteiger partial charge in [0.2, 0.25) is 5.82 Å². The lowest BCUT2D eigenvalue weighted by Gasteiger charge is -2.23. The molecule has 6 heteroatoms. The lowest BCUT2D eigenvalue weighted by Crippen LogP contribution is -2.09. The Labute approximate surface area is 240 Å². The molecular weight excluding hydrogens is 528 g/mol. The van der Waals surface area contributed by atoms with Crippen molar-refractivity contribution in [2.75, 3.05) is 13.2 Å². The molecule has 1 unspecified atom stereocenters. The first-order valence-electron chi connectivity index (χ1n) is 14.5. The van der Waals surface area contributed by atoms with Gasteiger partial charge in [0.25, 0.3) is 0 Å². The summed E-state index contributed by atoms with van der Waals surface area (Å²) in [7, 11) is 0. The van der Waals surface area contributed by atoms with Crippen LogP contribution in [-0.2, 0) is 6.42 Å². The summed E-state index contributed by atoms with van der Waals surface area (Å²) in [4.78, 5) is 0. The van der Waals surface area contributed by atoms with Gasteiger partial charge in [-0.3, -0.25) is 0 Å². The molecular formula is C35H38F4O2. The quantitative estimate of drug-likeness (QED) is 0.110. The molecule has 0 saturated heterocycles. The van der Waals surface area contributed by atoms with Crippen LogP contribution in [0.15, 0.2) is 67.3 Å². The number of hydrogen-bond donors (Lipinski definition) is 0. The summed E-state index contributed by atoms with van der Waals surface area (Å²) in [6.45, 7) is 6.64. The van der Waals surface area contributed by atoms with E-state index in [4.69, 9.17) is 9.47 Å². The number of aryl methyl sites for hydroxylation is 1. The van der Waals surface area contributed by atoms with E-state index in [1.807, 2.05) is 6.08 Å². The van der Waals surface area contributed by atoms with Crippen LogP contribution in [0.4, 0.5) is 17.6 Å². The summed E-state index contributed by atoms with van der Waals surface area (Å²) in [5.74, 6) is -2.66. The summed E-state index contributed by atoms with van der Waals surface area (Å²) in [5.41, 5.74) is 2.18. The Bertz CT molecular complexity index is 1350. The molecule has 1 aliphatic carbocycles. The van der Waals surface area contributed by atoms with Gasteiger partial charge in [-0.05, 0) is 98.2 Å². The van der Waals surface area contributed by atoms with E-state index in [-0.39, 0.29) is 22.8 Å². The predicted octanol–water partition coefficient (Wildman–Crippen LogP) is 10.3. The van der Waals surface area contributed by atoms with E-state index in [0.29, 0.717) is 62.2 Å². The van der Waals surface area contributed by atoms with Crippen LogP contribution in [0.5, 0.6) is 11.5 Å². The minimum atomic E-state index is -0.971. The number of halogens is 4. The molecule has 0 N–H and O–H groups in total. The van der Waals surface area contributed by atoms with E-state index in [1.54, 1.807) is 48.5 Å². The maximum absolute atomic E-state index is 15.0. The number of benzene rings is 3. The summed E-state index contributed by atoms with van der Waals surface area (Å²) >= 11 is 0. The highest BCUT2D eigenvalue weighted by Gasteiger charge is 2.22. The second kappa shape index (κ2) is 14.9. The fourth-order valence-electron chi connectivity index (χ4n) is 5.13. The van der Waals surface area contributed by atoms with Crippen LogP contribution in [-0.4, -0.2) is 13.2 Å². The van der Waals surface area contributed by atoms with Crippen LogP contribution in [0.3, 0.4) is 0 Å². The van der Waals surface area contributed by atoms with Gasteiger partial charge in [-0.1, -0.05) is 49.8 Å². The first-order valence-corrected chi connectivity index (χ1v) is 14.5. The number of rotatable bonds is 14. The van der Waals surface area contributed by atoms with Crippen LogP contribution in [0, 0.1) is 29.2 Å². The third-order valence-corrected chi connectivity index (χ3v) is 7.64. The van der Waals surface area contributed by atoms with Crippen LogP contribution in [0.25, 0.3) is 16.7 Å². The summed E-state index contributed by atoms with van der Waals surface area (Å²) in [6.07, 6.45) is 10.2. The molecule has 218 valence electrons. The van der Waals surface area contributed by atoms with Crippen LogP contribution in [0.2, 0.25) is 0 Å². The fourth-order valence-corrected chi connectivity index (χ4v) is 5.13. The summed E-state index contributed by atoms with van der Waals surface area (Å²) in [6, 6.07) is 13.4. The standard InChI is InChI=1S/C35H38F4O2/c1-3-5-7-23-41-31-21-20-30(34(38)35(31)39)25-11-8-24(9-12-25)10-13-27-16-19-29(33(37)32(27)36)26-14-17-28(18-15-26)40-22-6-4-2/h3,11,14-21,24H,1,4-10,12-13,22-23H2,2H3. The smallest absolute Gasteiger partial charge is 0.201 e. The van der Waals surface area contributed by atoms with E-state index in [2.05, 4.69) is 13.5 Å². The Morgan fingerprint density at radius 3 is 2.27 bits per heavy atom. The summed E-state index contributed by atoms with van der Waals surface area (Å²) in [5, 5.41) is 0. The topological polar surface area (TPSA) is 18.5 Å². The minimum Gasteiger partial charge on any atom is -0.494 e. The molecule has 1 atom stereocenters. The van der Waals surface area contributed by atoms with E-state index in [0.717, 1.165) is 31.3 Å². The van der Waals surface area contributed by atoms with Crippen LogP contribution < -0.4 is 9.47 Å². The van der Waals surface area contributed by atoms with Crippen molar-refractivity contribution < 1.29 is 27.0 Å². The highest BCUT2D eigenvalue weighted by molar-refractivity contribution is 5.68. The first-order chi connectivity index (χ1) is 19.9. The largest absolute Gasteiger partial charge is 0.494 e. The molecule has 0 fully saturated rings. The zero-order valence-electron chi connectivity index (χ0n) is 23.7. The van der Waals surface area contributed by atoms with Crippen molar-refractivity contribution in [3.05, 3.63) is 102 Å². The van der Waals surface area contributed by atoms with Crippen molar-refractivity contribution in [3.8, 4) is 22.6 Å². The van der Waals surface area contributed by atoms with Crippen LogP contribution in [0.1, 0.15) is 69.4 Å². The van der Waals surface area contributed by atoms with Gasteiger partial charge in [-0.2, -0.15) is 4.39 Å². The Morgan fingerprint density at radius 2 is 1.56 bits per heavy atom. The molecule has 0 saturated carbocycles. The van der Waals surface area contributed by atoms with Gasteiger partial charge < -0.3 is 9.47 Å². The summed E-state index contributed by atoms with van der Waals surface area (Å²) < 4.78 is 70.4. The lowest BCUT2D eigenvalue weighted by molar-refractivity contribution is 0.291. The molecule has 0 spiro atoms. The van der Waals surface area contributed by atoms with Crippen molar-refractivity contribution in [2.24, 2.45) is 5.92 Å². The van der Waals surface area contributed by atoms with Gasteiger partial charge >= 0.3 is 0 Å². The Balaban J connectivity index is 1.34. The van der Waals surface area contributed by atoms with Gasteiger partial charge in [0, 0.05) is 11.1 Å². The molecule has 1 aliphatic rings. The molecule has 4 rings (SSSR count). The third kappa shape index (κ3) is 7.81. The number of allylic oxidation sites excluding steroid dienone is 3. The fraction of sp³-hybridized carbons (Fsp3) is 0.371. The van der Waals surface area contributed by atoms with Gasteiger partial charge in [-0.25, -0.2) is 13.2 Å². The molecule has 0 amide bonds. The second-order valence-electron chi connectivity index (χ2n) is 10.6. The van der Waals surface area contributed by atoms with Gasteiger partial charge in [0.15, 0.2) is 23.2 Å². The van der Waals surface area contributed by atoms with E-state index < -0.39 is 23.3 Å². The second-order valence-corrected chi connectivity index (χ2v) is 10.6. The van der Waals surface area contributed by atoms with Crippen molar-refractivity contribution in [1.29, 1.82) is 0 Å². The zero-order valence-corrected chi connectivity index (χ0v) is 23.7. The monoisotopic (exact) mass is 566 g/mol. The molecule has 0 radical (unpaired) electrons. The molecule has 0 heterocycles. The Kier molecular flexibility index (Phi) is 11.1. The van der Waals surface area contributed by atoms with Crippen molar-refractivity contribution >= 4 is 5.57 Å². The highest BCUT2D eigenvalue weighted by Crippen LogP contribution is 2.36. The average Bonchev–Trinajstić information content (AvgIpc) is 2.99. The average molecular weight is 567 g/mol. The highest BCUT2D eigenvalue weighted by atomic mass is 19.2. The maximum Gasteiger partial charge on any atom is 0.201 e. The minimum absolute atomic E-state index is 0.0849. The van der Waals surface area contributed by atoms with E-state index in [1.165, 1.54) is 6.07 Å². The SMILES string of the molecule is C=CCCCOc1ccc(C2=CCC(CCc3ccc(-c4ccc(OCCCC)cc4)c(F)c3F)CC2)c(F)c1F. The van der Waals surface area contributed by atoms with Crippen molar-refractivity contribution in [2.45, 2.75) is 64.7 Å². The molecule has 0 bridgehead atoms. The third-order valence-electron chi connectivity index (χ3n) is 7.64. The van der Waals surface area contributed by atoms with Crippen molar-refractivity contribution in [3.63, 3.8) is 0 Å². The van der Waals surface area contributed by atoms with Gasteiger partial charge in [0.05, 0.1) is 13.2 Å². The lowest BCUT2D eigenvalue weighted by atomic mass is 9.83. The predicted molar refractivity (Wildman–Crippen MR) is 157 cm³/mol. The van der Waals surface area contributed by atoms with Crippen molar-refractivity contribution in [1.82, 2.24) is 0 Å². The Morgan fingerprint density at radius 1 is 0.829 bits per heavy atom. The normalized spacial score (nSPS) is 15.0. The Hall–Kier alpha value is -3.54.